The third kappa shape index (κ3) is 4.34. The van der Waals surface area contributed by atoms with Crippen molar-refractivity contribution in [3.63, 3.8) is 0 Å². The Bertz CT molecular complexity index is 1210. The maximum absolute atomic E-state index is 13.5. The summed E-state index contributed by atoms with van der Waals surface area (Å²) in [5, 5.41) is 18.3. The van der Waals surface area contributed by atoms with Crippen molar-refractivity contribution >= 4 is 16.7 Å². The molecule has 2 heterocycles. The molecule has 1 atom stereocenters. The third-order valence-corrected chi connectivity index (χ3v) is 5.50. The lowest BCUT2D eigenvalue weighted by Crippen LogP contribution is -2.31. The standard InChI is InChI=1S/C20H18F5N5O2/c1-29(11-4-5-19(21,22)8-11)17-3-2-14(27-28-17)12-6-15-13(7-16(12)31)18(32)30(10-26-15)9-20(23,24)25/h2-3,6-7,10-11,31H,4-5,8-9H2,1H3/t11-/m0/s1. The summed E-state index contributed by atoms with van der Waals surface area (Å²) < 4.78 is 65.2. The Hall–Kier alpha value is -3.31. The van der Waals surface area contributed by atoms with Crippen LogP contribution in [-0.4, -0.2) is 50.0 Å². The second kappa shape index (κ2) is 7.68. The number of phenols is 1. The van der Waals surface area contributed by atoms with Gasteiger partial charge in [0.1, 0.15) is 12.3 Å². The van der Waals surface area contributed by atoms with Crippen LogP contribution in [0.3, 0.4) is 0 Å². The van der Waals surface area contributed by atoms with Gasteiger partial charge >= 0.3 is 6.18 Å². The van der Waals surface area contributed by atoms with E-state index in [1.165, 1.54) is 12.1 Å². The minimum absolute atomic E-state index is 0.0809. The molecule has 1 saturated carbocycles. The molecule has 0 radical (unpaired) electrons. The zero-order valence-corrected chi connectivity index (χ0v) is 16.8. The van der Waals surface area contributed by atoms with Crippen molar-refractivity contribution in [1.82, 2.24) is 19.7 Å². The summed E-state index contributed by atoms with van der Waals surface area (Å²) in [5.74, 6) is -2.70. The highest BCUT2D eigenvalue weighted by atomic mass is 19.4. The van der Waals surface area contributed by atoms with E-state index in [2.05, 4.69) is 15.2 Å². The van der Waals surface area contributed by atoms with E-state index in [0.717, 1.165) is 12.4 Å². The van der Waals surface area contributed by atoms with Gasteiger partial charge in [0, 0.05) is 31.5 Å². The molecular weight excluding hydrogens is 437 g/mol. The first kappa shape index (κ1) is 21.9. The van der Waals surface area contributed by atoms with Gasteiger partial charge in [-0.3, -0.25) is 9.36 Å². The number of hydrogen-bond acceptors (Lipinski definition) is 6. The molecule has 0 amide bonds. The Labute approximate surface area is 178 Å². The minimum Gasteiger partial charge on any atom is -0.507 e. The van der Waals surface area contributed by atoms with Crippen molar-refractivity contribution in [1.29, 1.82) is 0 Å². The first-order valence-electron chi connectivity index (χ1n) is 9.67. The summed E-state index contributed by atoms with van der Waals surface area (Å²) in [5.41, 5.74) is -0.463. The number of anilines is 1. The number of hydrogen-bond donors (Lipinski definition) is 1. The van der Waals surface area contributed by atoms with Gasteiger partial charge in [-0.2, -0.15) is 13.2 Å². The second-order valence-corrected chi connectivity index (χ2v) is 7.82. The summed E-state index contributed by atoms with van der Waals surface area (Å²) >= 11 is 0. The molecule has 2 aromatic heterocycles. The number of aromatic nitrogens is 4. The van der Waals surface area contributed by atoms with Crippen LogP contribution in [0.1, 0.15) is 19.3 Å². The maximum atomic E-state index is 13.5. The zero-order valence-electron chi connectivity index (χ0n) is 16.8. The van der Waals surface area contributed by atoms with Crippen molar-refractivity contribution in [3.8, 4) is 17.0 Å². The first-order chi connectivity index (χ1) is 14.9. The molecule has 12 heteroatoms. The summed E-state index contributed by atoms with van der Waals surface area (Å²) in [7, 11) is 1.65. The van der Waals surface area contributed by atoms with E-state index in [1.54, 1.807) is 18.0 Å². The number of halogens is 5. The Kier molecular flexibility index (Phi) is 5.25. The summed E-state index contributed by atoms with van der Waals surface area (Å²) in [6.07, 6.45) is -3.93. The lowest BCUT2D eigenvalue weighted by molar-refractivity contribution is -0.141. The van der Waals surface area contributed by atoms with E-state index in [0.29, 0.717) is 16.8 Å². The molecule has 1 aliphatic carbocycles. The second-order valence-electron chi connectivity index (χ2n) is 7.82. The van der Waals surface area contributed by atoms with E-state index >= 15 is 0 Å². The van der Waals surface area contributed by atoms with Crippen LogP contribution >= 0.6 is 0 Å². The van der Waals surface area contributed by atoms with E-state index in [4.69, 9.17) is 0 Å². The predicted octanol–water partition coefficient (Wildman–Crippen LogP) is 3.75. The van der Waals surface area contributed by atoms with Gasteiger partial charge in [0.25, 0.3) is 5.56 Å². The quantitative estimate of drug-likeness (QED) is 0.604. The number of alkyl halides is 5. The van der Waals surface area contributed by atoms with E-state index in [-0.39, 0.29) is 46.8 Å². The molecular formula is C20H18F5N5O2. The maximum Gasteiger partial charge on any atom is 0.406 e. The zero-order chi connectivity index (χ0) is 23.3. The molecule has 0 bridgehead atoms. The van der Waals surface area contributed by atoms with E-state index in [1.807, 2.05) is 0 Å². The Morgan fingerprint density at radius 1 is 1.25 bits per heavy atom. The van der Waals surface area contributed by atoms with Gasteiger partial charge in [-0.25, -0.2) is 13.8 Å². The van der Waals surface area contributed by atoms with E-state index in [9.17, 15) is 31.9 Å². The fourth-order valence-corrected chi connectivity index (χ4v) is 3.81. The molecule has 1 aromatic carbocycles. The number of rotatable bonds is 4. The van der Waals surface area contributed by atoms with Crippen LogP contribution in [0, 0.1) is 0 Å². The van der Waals surface area contributed by atoms with Gasteiger partial charge in [-0.1, -0.05) is 0 Å². The molecule has 7 nitrogen and oxygen atoms in total. The number of nitrogens with zero attached hydrogens (tertiary/aromatic N) is 5. The van der Waals surface area contributed by atoms with Crippen LogP contribution < -0.4 is 10.5 Å². The summed E-state index contributed by atoms with van der Waals surface area (Å²) in [4.78, 5) is 17.8. The Morgan fingerprint density at radius 3 is 2.59 bits per heavy atom. The average Bonchev–Trinajstić information content (AvgIpc) is 3.09. The van der Waals surface area contributed by atoms with Crippen LogP contribution in [0.2, 0.25) is 0 Å². The molecule has 170 valence electrons. The molecule has 0 saturated heterocycles. The van der Waals surface area contributed by atoms with Gasteiger partial charge < -0.3 is 10.0 Å². The lowest BCUT2D eigenvalue weighted by Gasteiger charge is -2.25. The van der Waals surface area contributed by atoms with Gasteiger partial charge in [0.2, 0.25) is 5.92 Å². The van der Waals surface area contributed by atoms with Crippen LogP contribution in [0.15, 0.2) is 35.4 Å². The van der Waals surface area contributed by atoms with Gasteiger partial charge in [-0.05, 0) is 30.7 Å². The lowest BCUT2D eigenvalue weighted by atomic mass is 10.1. The Balaban J connectivity index is 1.63. The van der Waals surface area contributed by atoms with Crippen LogP contribution in [-0.2, 0) is 6.54 Å². The molecule has 3 aromatic rings. The van der Waals surface area contributed by atoms with Gasteiger partial charge in [0.15, 0.2) is 5.82 Å². The molecule has 32 heavy (non-hydrogen) atoms. The molecule has 0 unspecified atom stereocenters. The number of aromatic hydroxyl groups is 1. The Morgan fingerprint density at radius 2 is 2.00 bits per heavy atom. The van der Waals surface area contributed by atoms with Gasteiger partial charge in [0.05, 0.1) is 22.9 Å². The highest BCUT2D eigenvalue weighted by molar-refractivity contribution is 5.86. The first-order valence-corrected chi connectivity index (χ1v) is 9.67. The third-order valence-electron chi connectivity index (χ3n) is 5.50. The fourth-order valence-electron chi connectivity index (χ4n) is 3.81. The minimum atomic E-state index is -4.60. The van der Waals surface area contributed by atoms with Crippen molar-refractivity contribution in [2.24, 2.45) is 0 Å². The number of fused-ring (bicyclic) bond motifs is 1. The SMILES string of the molecule is CN(c1ccc(-c2cc3ncn(CC(F)(F)F)c(=O)c3cc2O)nn1)[C@H]1CCC(F)(F)C1. The highest BCUT2D eigenvalue weighted by Crippen LogP contribution is 2.38. The molecule has 0 aliphatic heterocycles. The molecule has 1 aliphatic rings. The van der Waals surface area contributed by atoms with Crippen molar-refractivity contribution < 1.29 is 27.1 Å². The number of phenolic OH excluding ortho intramolecular Hbond substituents is 1. The normalized spacial score (nSPS) is 18.2. The fraction of sp³-hybridized carbons (Fsp3) is 0.400. The van der Waals surface area contributed by atoms with E-state index < -0.39 is 24.2 Å². The largest absolute Gasteiger partial charge is 0.507 e. The van der Waals surface area contributed by atoms with Crippen molar-refractivity contribution in [2.45, 2.75) is 43.9 Å². The molecule has 0 spiro atoms. The van der Waals surface area contributed by atoms with Crippen LogP contribution in [0.25, 0.3) is 22.2 Å². The molecule has 4 rings (SSSR count). The predicted molar refractivity (Wildman–Crippen MR) is 106 cm³/mol. The molecule has 1 fully saturated rings. The van der Waals surface area contributed by atoms with Crippen molar-refractivity contribution in [2.75, 3.05) is 11.9 Å². The average molecular weight is 455 g/mol. The monoisotopic (exact) mass is 455 g/mol. The summed E-state index contributed by atoms with van der Waals surface area (Å²) in [6.45, 7) is -1.50. The highest BCUT2D eigenvalue weighted by Gasteiger charge is 2.41. The van der Waals surface area contributed by atoms with Crippen LogP contribution in [0.5, 0.6) is 5.75 Å². The molecule has 1 N–H and O–H groups in total. The van der Waals surface area contributed by atoms with Crippen molar-refractivity contribution in [3.05, 3.63) is 40.9 Å². The van der Waals surface area contributed by atoms with Crippen LogP contribution in [0.4, 0.5) is 27.8 Å². The topological polar surface area (TPSA) is 84.1 Å². The number of benzene rings is 1. The van der Waals surface area contributed by atoms with Gasteiger partial charge in [-0.15, -0.1) is 10.2 Å². The smallest absolute Gasteiger partial charge is 0.406 e. The summed E-state index contributed by atoms with van der Waals surface area (Å²) in [6, 6.07) is 5.08.